The highest BCUT2D eigenvalue weighted by atomic mass is 16.6. The molecule has 1 rings (SSSR count). The molecule has 0 saturated heterocycles. The largest absolute Gasteiger partial charge is 0.472 e. The van der Waals surface area contributed by atoms with Gasteiger partial charge in [-0.05, 0) is 6.42 Å². The maximum atomic E-state index is 10.5. The summed E-state index contributed by atoms with van der Waals surface area (Å²) in [5, 5.41) is 18.7. The van der Waals surface area contributed by atoms with Crippen molar-refractivity contribution in [2.45, 2.75) is 25.3 Å². The molecule has 0 aromatic rings. The van der Waals surface area contributed by atoms with Crippen LogP contribution >= 0.6 is 0 Å². The van der Waals surface area contributed by atoms with Crippen molar-refractivity contribution in [2.24, 2.45) is 0 Å². The summed E-state index contributed by atoms with van der Waals surface area (Å²) in [6, 6.07) is -0.613. The highest BCUT2D eigenvalue weighted by molar-refractivity contribution is 5.87. The Labute approximate surface area is 80.6 Å². The van der Waals surface area contributed by atoms with E-state index in [9.17, 15) is 14.9 Å². The van der Waals surface area contributed by atoms with Crippen molar-refractivity contribution in [2.75, 3.05) is 0 Å². The Bertz CT molecular complexity index is 348. The minimum atomic E-state index is -1.21. The highest BCUT2D eigenvalue weighted by Gasteiger charge is 2.23. The SMILES string of the molecule is O=C(O)C#CC1=CCCC([N+](=O)[O-])C1. The van der Waals surface area contributed by atoms with Crippen LogP contribution in [0, 0.1) is 22.0 Å². The summed E-state index contributed by atoms with van der Waals surface area (Å²) in [6.07, 6.45) is 3.10. The molecule has 0 heterocycles. The zero-order chi connectivity index (χ0) is 10.6. The van der Waals surface area contributed by atoms with Crippen LogP contribution in [0.15, 0.2) is 11.6 Å². The Morgan fingerprint density at radius 3 is 3.00 bits per heavy atom. The van der Waals surface area contributed by atoms with Gasteiger partial charge in [-0.2, -0.15) is 0 Å². The van der Waals surface area contributed by atoms with Gasteiger partial charge in [0, 0.05) is 29.3 Å². The third-order valence-electron chi connectivity index (χ3n) is 1.97. The van der Waals surface area contributed by atoms with E-state index in [-0.39, 0.29) is 11.3 Å². The molecule has 0 aromatic heterocycles. The Hall–Kier alpha value is -1.83. The normalized spacial score (nSPS) is 20.3. The van der Waals surface area contributed by atoms with Crippen LogP contribution in [0.2, 0.25) is 0 Å². The predicted molar refractivity (Wildman–Crippen MR) is 48.1 cm³/mol. The van der Waals surface area contributed by atoms with Crippen LogP contribution in [0.4, 0.5) is 0 Å². The van der Waals surface area contributed by atoms with Crippen molar-refractivity contribution in [3.05, 3.63) is 21.8 Å². The third kappa shape index (κ3) is 2.90. The topological polar surface area (TPSA) is 80.4 Å². The lowest BCUT2D eigenvalue weighted by molar-refractivity contribution is -0.523. The smallest absolute Gasteiger partial charge is 0.382 e. The number of allylic oxidation sites excluding steroid dienone is 1. The van der Waals surface area contributed by atoms with Gasteiger partial charge in [-0.15, -0.1) is 0 Å². The van der Waals surface area contributed by atoms with Gasteiger partial charge in [0.15, 0.2) is 0 Å². The second kappa shape index (κ2) is 4.42. The molecule has 1 aliphatic rings. The molecule has 0 saturated carbocycles. The standard InChI is InChI=1S/C9H9NO4/c11-9(12)5-4-7-2-1-3-8(6-7)10(13)14/h2,8H,1,3,6H2,(H,11,12). The number of carboxylic acid groups (broad SMARTS) is 1. The number of hydrogen-bond acceptors (Lipinski definition) is 3. The maximum Gasteiger partial charge on any atom is 0.382 e. The summed E-state index contributed by atoms with van der Waals surface area (Å²) in [7, 11) is 0. The number of carboxylic acids is 1. The molecule has 0 bridgehead atoms. The average molecular weight is 195 g/mol. The van der Waals surface area contributed by atoms with Crippen LogP contribution in [0.3, 0.4) is 0 Å². The van der Waals surface area contributed by atoms with Gasteiger partial charge in [0.2, 0.25) is 6.04 Å². The molecule has 0 aliphatic heterocycles. The van der Waals surface area contributed by atoms with Crippen LogP contribution in [0.1, 0.15) is 19.3 Å². The Morgan fingerprint density at radius 1 is 1.71 bits per heavy atom. The van der Waals surface area contributed by atoms with Gasteiger partial charge in [-0.1, -0.05) is 12.0 Å². The number of nitro groups is 1. The van der Waals surface area contributed by atoms with Gasteiger partial charge in [0.25, 0.3) is 0 Å². The first kappa shape index (κ1) is 10.3. The second-order valence-electron chi connectivity index (χ2n) is 3.01. The van der Waals surface area contributed by atoms with E-state index in [1.165, 1.54) is 0 Å². The zero-order valence-electron chi connectivity index (χ0n) is 7.40. The molecule has 5 nitrogen and oxygen atoms in total. The van der Waals surface area contributed by atoms with E-state index in [1.807, 2.05) is 5.92 Å². The van der Waals surface area contributed by atoms with Crippen LogP contribution < -0.4 is 0 Å². The maximum absolute atomic E-state index is 10.5. The van der Waals surface area contributed by atoms with E-state index in [2.05, 4.69) is 5.92 Å². The quantitative estimate of drug-likeness (QED) is 0.381. The first-order valence-electron chi connectivity index (χ1n) is 4.17. The number of carbonyl (C=O) groups is 1. The summed E-state index contributed by atoms with van der Waals surface area (Å²) < 4.78 is 0. The summed E-state index contributed by atoms with van der Waals surface area (Å²) in [5.41, 5.74) is 0.556. The molecule has 0 aromatic carbocycles. The average Bonchev–Trinajstić information content (AvgIpc) is 2.15. The fourth-order valence-electron chi connectivity index (χ4n) is 1.30. The van der Waals surface area contributed by atoms with Crippen LogP contribution in [-0.2, 0) is 4.79 Å². The molecule has 0 fully saturated rings. The van der Waals surface area contributed by atoms with E-state index in [0.29, 0.717) is 18.4 Å². The molecular formula is C9H9NO4. The van der Waals surface area contributed by atoms with E-state index < -0.39 is 12.0 Å². The Morgan fingerprint density at radius 2 is 2.43 bits per heavy atom. The molecule has 1 atom stereocenters. The van der Waals surface area contributed by atoms with Gasteiger partial charge in [0.1, 0.15) is 0 Å². The summed E-state index contributed by atoms with van der Waals surface area (Å²) >= 11 is 0. The van der Waals surface area contributed by atoms with E-state index in [4.69, 9.17) is 5.11 Å². The lowest BCUT2D eigenvalue weighted by atomic mass is 9.95. The first-order valence-corrected chi connectivity index (χ1v) is 4.17. The van der Waals surface area contributed by atoms with Crippen molar-refractivity contribution in [3.8, 4) is 11.8 Å². The molecule has 1 aliphatic carbocycles. The van der Waals surface area contributed by atoms with Crippen molar-refractivity contribution < 1.29 is 14.8 Å². The Kier molecular flexibility index (Phi) is 3.24. The molecule has 1 N–H and O–H groups in total. The van der Waals surface area contributed by atoms with Gasteiger partial charge in [-0.3, -0.25) is 10.1 Å². The monoisotopic (exact) mass is 195 g/mol. The van der Waals surface area contributed by atoms with Gasteiger partial charge < -0.3 is 5.11 Å². The minimum absolute atomic E-state index is 0.243. The molecular weight excluding hydrogens is 186 g/mol. The Balaban J connectivity index is 2.66. The third-order valence-corrected chi connectivity index (χ3v) is 1.97. The van der Waals surface area contributed by atoms with Crippen molar-refractivity contribution in [3.63, 3.8) is 0 Å². The number of aliphatic carboxylic acids is 1. The molecule has 5 heteroatoms. The van der Waals surface area contributed by atoms with E-state index in [0.717, 1.165) is 0 Å². The predicted octanol–water partition coefficient (Wildman–Crippen LogP) is 0.830. The van der Waals surface area contributed by atoms with Crippen LogP contribution in [0.25, 0.3) is 0 Å². The first-order chi connectivity index (χ1) is 6.59. The lowest BCUT2D eigenvalue weighted by Gasteiger charge is -2.12. The molecule has 1 unspecified atom stereocenters. The van der Waals surface area contributed by atoms with E-state index >= 15 is 0 Å². The van der Waals surface area contributed by atoms with Gasteiger partial charge >= 0.3 is 5.97 Å². The lowest BCUT2D eigenvalue weighted by Crippen LogP contribution is -2.22. The number of nitrogens with zero attached hydrogens (tertiary/aromatic N) is 1. The summed E-state index contributed by atoms with van der Waals surface area (Å²) in [5.74, 6) is 3.15. The highest BCUT2D eigenvalue weighted by Crippen LogP contribution is 2.19. The molecule has 14 heavy (non-hydrogen) atoms. The molecule has 74 valence electrons. The summed E-state index contributed by atoms with van der Waals surface area (Å²) in [4.78, 5) is 20.2. The van der Waals surface area contributed by atoms with E-state index in [1.54, 1.807) is 6.08 Å². The minimum Gasteiger partial charge on any atom is -0.472 e. The fourth-order valence-corrected chi connectivity index (χ4v) is 1.30. The van der Waals surface area contributed by atoms with Crippen molar-refractivity contribution >= 4 is 5.97 Å². The molecule has 0 spiro atoms. The van der Waals surface area contributed by atoms with Gasteiger partial charge in [-0.25, -0.2) is 4.79 Å². The van der Waals surface area contributed by atoms with Crippen molar-refractivity contribution in [1.82, 2.24) is 0 Å². The van der Waals surface area contributed by atoms with Crippen LogP contribution in [-0.4, -0.2) is 22.0 Å². The molecule has 0 radical (unpaired) electrons. The fraction of sp³-hybridized carbons (Fsp3) is 0.444. The summed E-state index contributed by atoms with van der Waals surface area (Å²) in [6.45, 7) is 0. The number of rotatable bonds is 1. The van der Waals surface area contributed by atoms with Crippen LogP contribution in [0.5, 0.6) is 0 Å². The van der Waals surface area contributed by atoms with Crippen molar-refractivity contribution in [1.29, 1.82) is 0 Å². The molecule has 0 amide bonds. The number of hydrogen-bond donors (Lipinski definition) is 1. The van der Waals surface area contributed by atoms with Gasteiger partial charge in [0.05, 0.1) is 0 Å². The second-order valence-corrected chi connectivity index (χ2v) is 3.01. The zero-order valence-corrected chi connectivity index (χ0v) is 7.40.